The van der Waals surface area contributed by atoms with E-state index in [9.17, 15) is 5.11 Å². The number of alkyl halides is 1. The average molecular weight is 324 g/mol. The van der Waals surface area contributed by atoms with Crippen LogP contribution in [0.15, 0.2) is 30.3 Å². The zero-order valence-corrected chi connectivity index (χ0v) is 15.5. The molecule has 22 heavy (non-hydrogen) atoms. The van der Waals surface area contributed by atoms with E-state index in [1.807, 2.05) is 58.9 Å². The number of nitrogens with one attached hydrogen (secondary N) is 1. The number of hydrogen-bond donors (Lipinski definition) is 2. The van der Waals surface area contributed by atoms with Crippen LogP contribution in [0.3, 0.4) is 0 Å². The lowest BCUT2D eigenvalue weighted by Crippen LogP contribution is -2.08. The van der Waals surface area contributed by atoms with Crippen LogP contribution in [0.4, 0.5) is 5.69 Å². The Labute approximate surface area is 140 Å². The fourth-order valence-corrected chi connectivity index (χ4v) is 2.39. The molecule has 0 bridgehead atoms. The van der Waals surface area contributed by atoms with Crippen molar-refractivity contribution in [1.29, 1.82) is 0 Å². The van der Waals surface area contributed by atoms with E-state index >= 15 is 0 Å². The van der Waals surface area contributed by atoms with Crippen molar-refractivity contribution in [2.75, 3.05) is 11.2 Å². The van der Waals surface area contributed by atoms with Gasteiger partial charge in [0.2, 0.25) is 0 Å². The molecule has 0 saturated heterocycles. The van der Waals surface area contributed by atoms with Gasteiger partial charge in [0.1, 0.15) is 5.75 Å². The molecule has 0 saturated carbocycles. The maximum atomic E-state index is 9.88. The van der Waals surface area contributed by atoms with Crippen molar-refractivity contribution in [3.8, 4) is 5.75 Å². The van der Waals surface area contributed by atoms with Crippen molar-refractivity contribution in [2.45, 2.75) is 54.0 Å². The Morgan fingerprint density at radius 3 is 2.18 bits per heavy atom. The van der Waals surface area contributed by atoms with Gasteiger partial charge in [0.25, 0.3) is 0 Å². The predicted molar refractivity (Wildman–Crippen MR) is 101 cm³/mol. The van der Waals surface area contributed by atoms with Gasteiger partial charge in [0.15, 0.2) is 0 Å². The standard InChI is InChI=1S/C13H13NO.C2H5Cl.2C2H6/c1-8-6-11-9-4-2-3-5-10(9)13(15)7-12(11)14-8;1-2-3;2*1-2/h2-5,7-8,14-15H,6H2,1H3;2H2,1H3;2*1-2H3/t8-;;;/m0.../s1. The topological polar surface area (TPSA) is 32.3 Å². The number of benzene rings is 2. The van der Waals surface area contributed by atoms with Crippen LogP contribution in [0.1, 0.15) is 47.1 Å². The molecule has 2 aromatic rings. The number of fused-ring (bicyclic) bond motifs is 3. The summed E-state index contributed by atoms with van der Waals surface area (Å²) in [6.45, 7) is 12.0. The zero-order valence-electron chi connectivity index (χ0n) is 14.7. The molecule has 1 heterocycles. The second-order valence-electron chi connectivity index (χ2n) is 4.48. The summed E-state index contributed by atoms with van der Waals surface area (Å²) in [6, 6.07) is 10.3. The van der Waals surface area contributed by atoms with Crippen LogP contribution in [-0.2, 0) is 6.42 Å². The monoisotopic (exact) mass is 323 g/mol. The number of phenols is 1. The van der Waals surface area contributed by atoms with E-state index < -0.39 is 0 Å². The summed E-state index contributed by atoms with van der Waals surface area (Å²) in [7, 11) is 0. The molecule has 3 rings (SSSR count). The minimum Gasteiger partial charge on any atom is -0.507 e. The third kappa shape index (κ3) is 5.10. The highest BCUT2D eigenvalue weighted by molar-refractivity contribution is 6.17. The van der Waals surface area contributed by atoms with Gasteiger partial charge >= 0.3 is 0 Å². The van der Waals surface area contributed by atoms with Gasteiger partial charge in [-0.1, -0.05) is 58.9 Å². The summed E-state index contributed by atoms with van der Waals surface area (Å²) >= 11 is 5.00. The molecule has 2 nitrogen and oxygen atoms in total. The predicted octanol–water partition coefficient (Wildman–Crippen LogP) is 6.20. The van der Waals surface area contributed by atoms with Crippen LogP contribution in [0, 0.1) is 0 Å². The Morgan fingerprint density at radius 1 is 1.14 bits per heavy atom. The number of anilines is 1. The van der Waals surface area contributed by atoms with E-state index in [-0.39, 0.29) is 0 Å². The fraction of sp³-hybridized carbons (Fsp3) is 0.474. The maximum absolute atomic E-state index is 9.88. The van der Waals surface area contributed by atoms with Crippen LogP contribution in [0.5, 0.6) is 5.75 Å². The first kappa shape index (κ1) is 20.6. The molecule has 0 amide bonds. The van der Waals surface area contributed by atoms with E-state index in [0.717, 1.165) is 23.4 Å². The second kappa shape index (κ2) is 11.2. The van der Waals surface area contributed by atoms with Crippen LogP contribution >= 0.6 is 11.6 Å². The third-order valence-electron chi connectivity index (χ3n) is 3.05. The lowest BCUT2D eigenvalue weighted by atomic mass is 10.0. The smallest absolute Gasteiger partial charge is 0.125 e. The number of rotatable bonds is 0. The molecular weight excluding hydrogens is 294 g/mol. The highest BCUT2D eigenvalue weighted by atomic mass is 35.5. The van der Waals surface area contributed by atoms with Crippen molar-refractivity contribution in [3.05, 3.63) is 35.9 Å². The molecule has 1 aliphatic heterocycles. The molecule has 3 heteroatoms. The van der Waals surface area contributed by atoms with Crippen molar-refractivity contribution >= 4 is 28.1 Å². The van der Waals surface area contributed by atoms with Crippen molar-refractivity contribution in [2.24, 2.45) is 0 Å². The van der Waals surface area contributed by atoms with E-state index in [0.29, 0.717) is 11.8 Å². The van der Waals surface area contributed by atoms with Crippen molar-refractivity contribution in [1.82, 2.24) is 0 Å². The average Bonchev–Trinajstić information content (AvgIpc) is 2.93. The van der Waals surface area contributed by atoms with Gasteiger partial charge in [-0.05, 0) is 24.3 Å². The third-order valence-corrected chi connectivity index (χ3v) is 3.05. The molecule has 0 spiro atoms. The first-order chi connectivity index (χ1) is 10.7. The van der Waals surface area contributed by atoms with Gasteiger partial charge in [-0.25, -0.2) is 0 Å². The summed E-state index contributed by atoms with van der Waals surface area (Å²) < 4.78 is 0. The van der Waals surface area contributed by atoms with E-state index in [2.05, 4.69) is 18.3 Å². The molecule has 0 aromatic heterocycles. The van der Waals surface area contributed by atoms with Crippen molar-refractivity contribution in [3.63, 3.8) is 0 Å². The Kier molecular flexibility index (Phi) is 10.5. The molecular formula is C19H30ClNO. The number of phenolic OH excluding ortho intramolecular Hbond substituents is 1. The summed E-state index contributed by atoms with van der Waals surface area (Å²) in [5, 5.41) is 15.4. The zero-order chi connectivity index (χ0) is 17.1. The molecule has 0 aliphatic carbocycles. The minimum absolute atomic E-state index is 0.367. The Bertz CT molecular complexity index is 554. The van der Waals surface area contributed by atoms with E-state index in [1.165, 1.54) is 10.9 Å². The quantitative estimate of drug-likeness (QED) is 0.566. The SMILES string of the molecule is CC.CC.CCCl.C[C@H]1Cc2c(cc(O)c3ccccc23)N1. The first-order valence-corrected chi connectivity index (χ1v) is 8.77. The summed E-state index contributed by atoms with van der Waals surface area (Å²) in [5.41, 5.74) is 2.41. The number of aromatic hydroxyl groups is 1. The first-order valence-electron chi connectivity index (χ1n) is 8.23. The van der Waals surface area contributed by atoms with Gasteiger partial charge in [-0.3, -0.25) is 0 Å². The fourth-order valence-electron chi connectivity index (χ4n) is 2.39. The number of halogens is 1. The molecule has 0 radical (unpaired) electrons. The van der Waals surface area contributed by atoms with Gasteiger partial charge in [0.05, 0.1) is 0 Å². The Hall–Kier alpha value is -1.41. The molecule has 0 unspecified atom stereocenters. The van der Waals surface area contributed by atoms with Crippen LogP contribution in [0.2, 0.25) is 0 Å². The molecule has 1 aliphatic rings. The summed E-state index contributed by atoms with van der Waals surface area (Å²) in [4.78, 5) is 0. The molecule has 1 atom stereocenters. The van der Waals surface area contributed by atoms with Gasteiger partial charge in [0, 0.05) is 29.1 Å². The highest BCUT2D eigenvalue weighted by Gasteiger charge is 2.20. The number of hydrogen-bond acceptors (Lipinski definition) is 2. The maximum Gasteiger partial charge on any atom is 0.125 e. The van der Waals surface area contributed by atoms with E-state index in [4.69, 9.17) is 11.6 Å². The molecule has 124 valence electrons. The Balaban J connectivity index is 0.000000553. The van der Waals surface area contributed by atoms with Gasteiger partial charge < -0.3 is 10.4 Å². The molecule has 2 N–H and O–H groups in total. The summed E-state index contributed by atoms with van der Waals surface area (Å²) in [5.74, 6) is 1.09. The van der Waals surface area contributed by atoms with E-state index in [1.54, 1.807) is 0 Å². The minimum atomic E-state index is 0.367. The lowest BCUT2D eigenvalue weighted by molar-refractivity contribution is 0.482. The second-order valence-corrected chi connectivity index (χ2v) is 5.02. The van der Waals surface area contributed by atoms with Crippen LogP contribution in [-0.4, -0.2) is 17.0 Å². The van der Waals surface area contributed by atoms with Gasteiger partial charge in [-0.15, -0.1) is 11.6 Å². The molecule has 0 fully saturated rings. The summed E-state index contributed by atoms with van der Waals surface area (Å²) in [6.07, 6.45) is 1.04. The normalized spacial score (nSPS) is 14.2. The van der Waals surface area contributed by atoms with Crippen LogP contribution in [0.25, 0.3) is 10.8 Å². The van der Waals surface area contributed by atoms with Gasteiger partial charge in [-0.2, -0.15) is 0 Å². The lowest BCUT2D eigenvalue weighted by Gasteiger charge is -2.06. The molecule has 2 aromatic carbocycles. The largest absolute Gasteiger partial charge is 0.507 e. The Morgan fingerprint density at radius 2 is 1.64 bits per heavy atom. The van der Waals surface area contributed by atoms with Crippen LogP contribution < -0.4 is 5.32 Å². The van der Waals surface area contributed by atoms with Crippen molar-refractivity contribution < 1.29 is 5.11 Å². The highest BCUT2D eigenvalue weighted by Crippen LogP contribution is 2.37.